The monoisotopic (exact) mass is 509 g/mol. The Morgan fingerprint density at radius 2 is 1.92 bits per heavy atom. The Bertz CT molecular complexity index is 1300. The number of aliphatic hydroxyl groups is 2. The summed E-state index contributed by atoms with van der Waals surface area (Å²) in [5.41, 5.74) is 2.03. The average Bonchev–Trinajstić information content (AvgIpc) is 3.54. The second kappa shape index (κ2) is 12.9. The van der Waals surface area contributed by atoms with Crippen molar-refractivity contribution in [2.75, 3.05) is 6.61 Å². The van der Waals surface area contributed by atoms with Crippen molar-refractivity contribution in [1.82, 2.24) is 14.5 Å². The number of hydrogen-bond acceptors (Lipinski definition) is 6. The van der Waals surface area contributed by atoms with Gasteiger partial charge in [-0.25, -0.2) is 18.7 Å². The quantitative estimate of drug-likeness (QED) is 0.251. The summed E-state index contributed by atoms with van der Waals surface area (Å²) in [5.74, 6) is 0.500. The van der Waals surface area contributed by atoms with Crippen LogP contribution >= 0.6 is 0 Å². The summed E-state index contributed by atoms with van der Waals surface area (Å²) in [4.78, 5) is 8.55. The maximum absolute atomic E-state index is 13.7. The highest BCUT2D eigenvalue weighted by atomic mass is 19.1. The minimum Gasteiger partial charge on any atom is -0.487 e. The lowest BCUT2D eigenvalue weighted by Gasteiger charge is -2.10. The third-order valence-electron chi connectivity index (χ3n) is 5.79. The fourth-order valence-corrected chi connectivity index (χ4v) is 3.79. The first-order valence-corrected chi connectivity index (χ1v) is 12.1. The Morgan fingerprint density at radius 1 is 1.08 bits per heavy atom. The number of oxazole rings is 1. The van der Waals surface area contributed by atoms with Gasteiger partial charge in [-0.15, -0.1) is 0 Å². The first-order chi connectivity index (χ1) is 18.0. The Kier molecular flexibility index (Phi) is 9.18. The van der Waals surface area contributed by atoms with Crippen molar-refractivity contribution in [3.8, 4) is 5.75 Å². The molecule has 7 nitrogen and oxygen atoms in total. The summed E-state index contributed by atoms with van der Waals surface area (Å²) in [6.45, 7) is 0.757. The first-order valence-electron chi connectivity index (χ1n) is 12.1. The van der Waals surface area contributed by atoms with Crippen LogP contribution in [0.15, 0.2) is 65.5 Å². The zero-order chi connectivity index (χ0) is 26.0. The van der Waals surface area contributed by atoms with Crippen LogP contribution < -0.4 is 4.74 Å². The van der Waals surface area contributed by atoms with Crippen LogP contribution in [0.1, 0.15) is 41.4 Å². The molecule has 194 valence electrons. The van der Waals surface area contributed by atoms with Crippen LogP contribution in [0.5, 0.6) is 5.75 Å². The van der Waals surface area contributed by atoms with Crippen LogP contribution in [0.25, 0.3) is 12.2 Å². The van der Waals surface area contributed by atoms with E-state index >= 15 is 0 Å². The van der Waals surface area contributed by atoms with E-state index in [1.54, 1.807) is 6.20 Å². The molecule has 0 saturated carbocycles. The van der Waals surface area contributed by atoms with E-state index in [1.165, 1.54) is 36.1 Å². The molecule has 0 bridgehead atoms. The van der Waals surface area contributed by atoms with Crippen LogP contribution in [0.2, 0.25) is 0 Å². The normalized spacial score (nSPS) is 12.3. The van der Waals surface area contributed by atoms with Crippen molar-refractivity contribution in [3.05, 3.63) is 101 Å². The van der Waals surface area contributed by atoms with Crippen molar-refractivity contribution in [3.63, 3.8) is 0 Å². The van der Waals surface area contributed by atoms with Crippen LogP contribution in [-0.2, 0) is 26.0 Å². The molecule has 0 spiro atoms. The summed E-state index contributed by atoms with van der Waals surface area (Å²) < 4.78 is 39.9. The molecular weight excluding hydrogens is 480 g/mol. The molecule has 0 amide bonds. The zero-order valence-electron chi connectivity index (χ0n) is 20.3. The molecule has 0 aliphatic heterocycles. The van der Waals surface area contributed by atoms with Gasteiger partial charge < -0.3 is 23.9 Å². The van der Waals surface area contributed by atoms with E-state index in [-0.39, 0.29) is 18.8 Å². The smallest absolute Gasteiger partial charge is 0.218 e. The summed E-state index contributed by atoms with van der Waals surface area (Å²) >= 11 is 0. The van der Waals surface area contributed by atoms with Gasteiger partial charge in [-0.3, -0.25) is 0 Å². The molecule has 0 aliphatic carbocycles. The fraction of sp³-hybridized carbons (Fsp3) is 0.286. The molecule has 2 aromatic heterocycles. The van der Waals surface area contributed by atoms with E-state index < -0.39 is 17.7 Å². The lowest BCUT2D eigenvalue weighted by atomic mass is 10.1. The highest BCUT2D eigenvalue weighted by Crippen LogP contribution is 2.17. The van der Waals surface area contributed by atoms with Crippen LogP contribution in [0, 0.1) is 11.6 Å². The molecule has 0 saturated heterocycles. The predicted molar refractivity (Wildman–Crippen MR) is 135 cm³/mol. The van der Waals surface area contributed by atoms with Gasteiger partial charge in [0, 0.05) is 43.1 Å². The number of aliphatic hydroxyl groups excluding tert-OH is 2. The largest absolute Gasteiger partial charge is 0.487 e. The Hall–Kier alpha value is -3.82. The highest BCUT2D eigenvalue weighted by molar-refractivity contribution is 5.66. The number of hydrogen-bond donors (Lipinski definition) is 2. The van der Waals surface area contributed by atoms with Gasteiger partial charge in [0.05, 0.1) is 12.7 Å². The number of rotatable bonds is 13. The van der Waals surface area contributed by atoms with Gasteiger partial charge in [-0.05, 0) is 55.2 Å². The van der Waals surface area contributed by atoms with E-state index in [9.17, 15) is 13.9 Å². The molecule has 2 aromatic carbocycles. The number of nitrogens with zero attached hydrogens (tertiary/aromatic N) is 3. The number of aryl methyl sites for hydroxylation is 2. The van der Waals surface area contributed by atoms with Gasteiger partial charge in [0.25, 0.3) is 0 Å². The van der Waals surface area contributed by atoms with Crippen molar-refractivity contribution in [2.45, 2.75) is 44.9 Å². The minimum absolute atomic E-state index is 0.222. The molecule has 0 radical (unpaired) electrons. The number of unbranched alkanes of at least 4 members (excludes halogenated alkanes) is 1. The number of halogens is 2. The molecule has 37 heavy (non-hydrogen) atoms. The Morgan fingerprint density at radius 3 is 2.70 bits per heavy atom. The summed E-state index contributed by atoms with van der Waals surface area (Å²) in [6.07, 6.45) is 10.5. The molecule has 1 atom stereocenters. The van der Waals surface area contributed by atoms with E-state index in [2.05, 4.69) is 9.97 Å². The second-order valence-corrected chi connectivity index (χ2v) is 8.64. The standard InChI is InChI=1S/C28H29F2N3O4/c29-22-8-6-21(26(30)15-22)7-11-28-32-23(19-37-28)18-36-25-9-4-20(5-10-25)3-1-2-13-33-14-12-31-27(33)16-24(35)17-34/h4-12,14-15,19,24,34-35H,1-3,13,16-18H2/t24-/m0/s1. The third kappa shape index (κ3) is 7.83. The molecule has 2 heterocycles. The molecule has 4 aromatic rings. The summed E-state index contributed by atoms with van der Waals surface area (Å²) in [7, 11) is 0. The molecule has 4 rings (SSSR count). The van der Waals surface area contributed by atoms with Crippen LogP contribution in [-0.4, -0.2) is 37.5 Å². The number of benzene rings is 2. The van der Waals surface area contributed by atoms with Gasteiger partial charge in [0.1, 0.15) is 41.8 Å². The Labute approximate surface area is 213 Å². The van der Waals surface area contributed by atoms with E-state index in [0.29, 0.717) is 23.8 Å². The van der Waals surface area contributed by atoms with E-state index in [4.69, 9.17) is 14.3 Å². The maximum atomic E-state index is 13.7. The lowest BCUT2D eigenvalue weighted by molar-refractivity contribution is 0.0931. The molecule has 0 fully saturated rings. The molecule has 9 heteroatoms. The summed E-state index contributed by atoms with van der Waals surface area (Å²) in [6, 6.07) is 11.3. The second-order valence-electron chi connectivity index (χ2n) is 8.64. The number of imidazole rings is 1. The van der Waals surface area contributed by atoms with Gasteiger partial charge in [0.15, 0.2) is 0 Å². The van der Waals surface area contributed by atoms with Crippen molar-refractivity contribution in [1.29, 1.82) is 0 Å². The minimum atomic E-state index is -0.788. The zero-order valence-corrected chi connectivity index (χ0v) is 20.3. The molecule has 0 aliphatic rings. The topological polar surface area (TPSA) is 93.5 Å². The van der Waals surface area contributed by atoms with Crippen LogP contribution in [0.3, 0.4) is 0 Å². The lowest BCUT2D eigenvalue weighted by Crippen LogP contribution is -2.18. The summed E-state index contributed by atoms with van der Waals surface area (Å²) in [5, 5.41) is 18.7. The van der Waals surface area contributed by atoms with Crippen molar-refractivity contribution < 1.29 is 28.1 Å². The van der Waals surface area contributed by atoms with Crippen LogP contribution in [0.4, 0.5) is 8.78 Å². The average molecular weight is 510 g/mol. The van der Waals surface area contributed by atoms with Gasteiger partial charge in [0.2, 0.25) is 5.89 Å². The highest BCUT2D eigenvalue weighted by Gasteiger charge is 2.09. The predicted octanol–water partition coefficient (Wildman–Crippen LogP) is 4.82. The molecular formula is C28H29F2N3O4. The van der Waals surface area contributed by atoms with Crippen molar-refractivity contribution in [2.24, 2.45) is 0 Å². The Balaban J connectivity index is 1.19. The molecule has 0 unspecified atom stereocenters. The number of aromatic nitrogens is 3. The third-order valence-corrected chi connectivity index (χ3v) is 5.79. The molecule has 2 N–H and O–H groups in total. The number of ether oxygens (including phenoxy) is 1. The first kappa shape index (κ1) is 26.2. The van der Waals surface area contributed by atoms with Gasteiger partial charge >= 0.3 is 0 Å². The fourth-order valence-electron chi connectivity index (χ4n) is 3.79. The van der Waals surface area contributed by atoms with Gasteiger partial charge in [-0.2, -0.15) is 0 Å². The van der Waals surface area contributed by atoms with Crippen molar-refractivity contribution >= 4 is 12.2 Å². The SMILES string of the molecule is OC[C@@H](O)Cc1nccn1CCCCc1ccc(OCc2coc(C=Cc3ccc(F)cc3F)n2)cc1. The maximum Gasteiger partial charge on any atom is 0.218 e. The van der Waals surface area contributed by atoms with E-state index in [0.717, 1.165) is 37.7 Å². The van der Waals surface area contributed by atoms with E-state index in [1.807, 2.05) is 35.0 Å². The van der Waals surface area contributed by atoms with Gasteiger partial charge in [-0.1, -0.05) is 12.1 Å².